The maximum absolute atomic E-state index is 13.4. The molecule has 4 aromatic carbocycles. The molecule has 184 valence electrons. The van der Waals surface area contributed by atoms with E-state index in [0.717, 1.165) is 27.6 Å². The van der Waals surface area contributed by atoms with Crippen molar-refractivity contribution < 1.29 is 14.0 Å². The molecule has 0 unspecified atom stereocenters. The Labute approximate surface area is 214 Å². The number of hydrogen-bond donors (Lipinski definition) is 2. The summed E-state index contributed by atoms with van der Waals surface area (Å²) in [6.07, 6.45) is 0. The van der Waals surface area contributed by atoms with Gasteiger partial charge in [0.1, 0.15) is 11.5 Å². The Balaban J connectivity index is 1.52. The minimum Gasteiger partial charge on any atom is -0.332 e. The second-order valence-electron chi connectivity index (χ2n) is 9.10. The highest BCUT2D eigenvalue weighted by Gasteiger charge is 2.18. The van der Waals surface area contributed by atoms with Gasteiger partial charge in [-0.05, 0) is 85.6 Å². The Kier molecular flexibility index (Phi) is 6.56. The van der Waals surface area contributed by atoms with Crippen LogP contribution in [0.2, 0.25) is 0 Å². The summed E-state index contributed by atoms with van der Waals surface area (Å²) in [6.45, 7) is 4.64. The lowest BCUT2D eigenvalue weighted by Gasteiger charge is -2.14. The number of carbonyl (C=O) groups excluding carboxylic acids is 2. The van der Waals surface area contributed by atoms with Gasteiger partial charge in [-0.1, -0.05) is 42.0 Å². The summed E-state index contributed by atoms with van der Waals surface area (Å²) in [7, 11) is 0. The second-order valence-corrected chi connectivity index (χ2v) is 9.10. The van der Waals surface area contributed by atoms with Gasteiger partial charge < -0.3 is 15.2 Å². The Morgan fingerprint density at radius 1 is 0.757 bits per heavy atom. The van der Waals surface area contributed by atoms with Gasteiger partial charge in [0.05, 0.1) is 0 Å². The zero-order valence-electron chi connectivity index (χ0n) is 20.6. The zero-order chi connectivity index (χ0) is 25.9. The van der Waals surface area contributed by atoms with Crippen LogP contribution in [0.4, 0.5) is 15.8 Å². The summed E-state index contributed by atoms with van der Waals surface area (Å²) >= 11 is 0. The smallest absolute Gasteiger partial charge is 0.272 e. The number of halogens is 1. The number of rotatable bonds is 6. The topological polar surface area (TPSA) is 63.1 Å². The number of para-hydroxylation sites is 1. The fourth-order valence-electron chi connectivity index (χ4n) is 4.37. The molecule has 2 amide bonds. The van der Waals surface area contributed by atoms with Gasteiger partial charge in [-0.15, -0.1) is 0 Å². The molecule has 5 aromatic rings. The molecular formula is C31H26FN3O2. The first-order chi connectivity index (χ1) is 17.9. The maximum Gasteiger partial charge on any atom is 0.272 e. The molecule has 1 aromatic heterocycles. The molecule has 5 rings (SSSR count). The first-order valence-corrected chi connectivity index (χ1v) is 12.0. The van der Waals surface area contributed by atoms with Gasteiger partial charge >= 0.3 is 0 Å². The Morgan fingerprint density at radius 3 is 2.24 bits per heavy atom. The molecule has 0 aliphatic heterocycles. The van der Waals surface area contributed by atoms with Crippen molar-refractivity contribution in [3.05, 3.63) is 131 Å². The molecule has 0 aliphatic rings. The minimum absolute atomic E-state index is 0.218. The largest absolute Gasteiger partial charge is 0.332 e. The zero-order valence-corrected chi connectivity index (χ0v) is 20.6. The van der Waals surface area contributed by atoms with E-state index >= 15 is 0 Å². The van der Waals surface area contributed by atoms with Crippen molar-refractivity contribution in [2.75, 3.05) is 10.6 Å². The molecule has 5 nitrogen and oxygen atoms in total. The first kappa shape index (κ1) is 24.0. The van der Waals surface area contributed by atoms with E-state index in [1.54, 1.807) is 0 Å². The van der Waals surface area contributed by atoms with Crippen molar-refractivity contribution in [2.45, 2.75) is 20.4 Å². The van der Waals surface area contributed by atoms with E-state index in [-0.39, 0.29) is 11.8 Å². The van der Waals surface area contributed by atoms with Crippen LogP contribution in [0.3, 0.4) is 0 Å². The van der Waals surface area contributed by atoms with Crippen LogP contribution >= 0.6 is 0 Å². The number of anilines is 2. The lowest BCUT2D eigenvalue weighted by atomic mass is 10.1. The van der Waals surface area contributed by atoms with E-state index < -0.39 is 5.82 Å². The van der Waals surface area contributed by atoms with Crippen molar-refractivity contribution in [1.82, 2.24) is 4.57 Å². The third-order valence-corrected chi connectivity index (χ3v) is 6.36. The minimum atomic E-state index is -0.399. The predicted octanol–water partition coefficient (Wildman–Crippen LogP) is 6.95. The fourth-order valence-corrected chi connectivity index (χ4v) is 4.37. The quantitative estimate of drug-likeness (QED) is 0.270. The molecule has 0 bridgehead atoms. The van der Waals surface area contributed by atoms with Crippen LogP contribution in [0.15, 0.2) is 97.1 Å². The molecule has 0 fully saturated rings. The van der Waals surface area contributed by atoms with Gasteiger partial charge in [-0.25, -0.2) is 4.39 Å². The summed E-state index contributed by atoms with van der Waals surface area (Å²) in [5.74, 6) is -0.953. The summed E-state index contributed by atoms with van der Waals surface area (Å²) in [6, 6.07) is 28.4. The van der Waals surface area contributed by atoms with Gasteiger partial charge in [-0.2, -0.15) is 0 Å². The number of benzene rings is 4. The molecule has 0 radical (unpaired) electrons. The van der Waals surface area contributed by atoms with Crippen molar-refractivity contribution in [1.29, 1.82) is 0 Å². The van der Waals surface area contributed by atoms with Crippen LogP contribution in [-0.2, 0) is 6.54 Å². The maximum atomic E-state index is 13.4. The van der Waals surface area contributed by atoms with Gasteiger partial charge in [0, 0.05) is 34.4 Å². The summed E-state index contributed by atoms with van der Waals surface area (Å²) < 4.78 is 15.2. The number of nitrogens with zero attached hydrogens (tertiary/aromatic N) is 1. The van der Waals surface area contributed by atoms with E-state index in [0.29, 0.717) is 29.2 Å². The van der Waals surface area contributed by atoms with Crippen LogP contribution in [0.5, 0.6) is 0 Å². The highest BCUT2D eigenvalue weighted by Crippen LogP contribution is 2.27. The van der Waals surface area contributed by atoms with Gasteiger partial charge in [-0.3, -0.25) is 9.59 Å². The highest BCUT2D eigenvalue weighted by atomic mass is 19.1. The lowest BCUT2D eigenvalue weighted by molar-refractivity contribution is 0.101. The number of amides is 2. The van der Waals surface area contributed by atoms with Crippen molar-refractivity contribution in [3.63, 3.8) is 0 Å². The van der Waals surface area contributed by atoms with Crippen LogP contribution in [0.1, 0.15) is 37.5 Å². The van der Waals surface area contributed by atoms with Crippen molar-refractivity contribution in [2.24, 2.45) is 0 Å². The average Bonchev–Trinajstić information content (AvgIpc) is 3.25. The Morgan fingerprint density at radius 2 is 1.49 bits per heavy atom. The molecule has 0 atom stereocenters. The number of nitrogens with one attached hydrogen (secondary N) is 2. The number of fused-ring (bicyclic) bond motifs is 1. The molecule has 1 heterocycles. The van der Waals surface area contributed by atoms with E-state index in [9.17, 15) is 14.0 Å². The second kappa shape index (κ2) is 10.1. The van der Waals surface area contributed by atoms with Crippen molar-refractivity contribution in [3.8, 4) is 0 Å². The first-order valence-electron chi connectivity index (χ1n) is 12.0. The van der Waals surface area contributed by atoms with Crippen LogP contribution < -0.4 is 10.6 Å². The molecule has 0 saturated carbocycles. The number of aryl methyl sites for hydroxylation is 2. The molecule has 37 heavy (non-hydrogen) atoms. The van der Waals surface area contributed by atoms with Crippen LogP contribution in [0.25, 0.3) is 10.9 Å². The molecule has 6 heteroatoms. The highest BCUT2D eigenvalue weighted by molar-refractivity contribution is 6.08. The third-order valence-electron chi connectivity index (χ3n) is 6.36. The summed E-state index contributed by atoms with van der Waals surface area (Å²) in [5, 5.41) is 6.67. The van der Waals surface area contributed by atoms with Crippen molar-refractivity contribution >= 4 is 34.1 Å². The number of hydrogen-bond acceptors (Lipinski definition) is 2. The molecule has 0 spiro atoms. The van der Waals surface area contributed by atoms with Crippen LogP contribution in [-0.4, -0.2) is 16.4 Å². The normalized spacial score (nSPS) is 10.9. The summed E-state index contributed by atoms with van der Waals surface area (Å²) in [4.78, 5) is 26.0. The average molecular weight is 492 g/mol. The van der Waals surface area contributed by atoms with Gasteiger partial charge in [0.15, 0.2) is 0 Å². The van der Waals surface area contributed by atoms with Gasteiger partial charge in [0.2, 0.25) is 0 Å². The Bertz CT molecular complexity index is 1610. The third kappa shape index (κ3) is 5.28. The standard InChI is InChI=1S/C31H26FN3O2/c1-20-8-9-21(2)24(16-20)19-35-28-15-14-27(34-30(36)22-10-12-25(32)13-11-22)17-23(28)18-29(35)31(37)33-26-6-4-3-5-7-26/h3-18H,19H2,1-2H3,(H,33,37)(H,34,36). The van der Waals surface area contributed by atoms with E-state index in [1.807, 2.05) is 59.2 Å². The van der Waals surface area contributed by atoms with E-state index in [4.69, 9.17) is 0 Å². The summed E-state index contributed by atoms with van der Waals surface area (Å²) in [5.41, 5.74) is 6.46. The fraction of sp³-hybridized carbons (Fsp3) is 0.0968. The number of aromatic nitrogens is 1. The number of carbonyl (C=O) groups is 2. The SMILES string of the molecule is Cc1ccc(C)c(Cn2c(C(=O)Nc3ccccc3)cc3cc(NC(=O)c4ccc(F)cc4)ccc32)c1. The molecular weight excluding hydrogens is 465 g/mol. The monoisotopic (exact) mass is 491 g/mol. The molecule has 2 N–H and O–H groups in total. The van der Waals surface area contributed by atoms with E-state index in [1.165, 1.54) is 24.3 Å². The molecule has 0 saturated heterocycles. The van der Waals surface area contributed by atoms with Crippen LogP contribution in [0, 0.1) is 19.7 Å². The van der Waals surface area contributed by atoms with E-state index in [2.05, 4.69) is 42.7 Å². The molecule has 0 aliphatic carbocycles. The van der Waals surface area contributed by atoms with Gasteiger partial charge in [0.25, 0.3) is 11.8 Å². The predicted molar refractivity (Wildman–Crippen MR) is 146 cm³/mol. The Hall–Kier alpha value is -4.71. The lowest BCUT2D eigenvalue weighted by Crippen LogP contribution is -2.17.